The summed E-state index contributed by atoms with van der Waals surface area (Å²) in [5.74, 6) is 0.273. The molecule has 0 saturated heterocycles. The van der Waals surface area contributed by atoms with Crippen molar-refractivity contribution in [3.05, 3.63) is 36.0 Å². The van der Waals surface area contributed by atoms with Crippen LogP contribution in [0.4, 0.5) is 0 Å². The normalized spacial score (nSPS) is 10.4. The number of thioether (sulfide) groups is 1. The number of hydrogen-bond acceptors (Lipinski definition) is 3. The van der Waals surface area contributed by atoms with E-state index in [0.29, 0.717) is 0 Å². The Labute approximate surface area is 93.0 Å². The van der Waals surface area contributed by atoms with Gasteiger partial charge < -0.3 is 10.4 Å². The van der Waals surface area contributed by atoms with E-state index in [9.17, 15) is 0 Å². The summed E-state index contributed by atoms with van der Waals surface area (Å²) in [6.07, 6.45) is 5.59. The molecule has 0 fully saturated rings. The molecule has 0 bridgehead atoms. The molecular weight excluding hydrogens is 214 g/mol. The Morgan fingerprint density at radius 1 is 1.43 bits per heavy atom. The van der Waals surface area contributed by atoms with Gasteiger partial charge in [-0.25, -0.2) is 0 Å². The van der Waals surface area contributed by atoms with Gasteiger partial charge in [0.15, 0.2) is 0 Å². The second-order valence-electron chi connectivity index (χ2n) is 2.56. The van der Waals surface area contributed by atoms with Gasteiger partial charge in [0, 0.05) is 6.20 Å². The van der Waals surface area contributed by atoms with Crippen LogP contribution in [0, 0.1) is 0 Å². The highest BCUT2D eigenvalue weighted by Gasteiger charge is 1.88. The van der Waals surface area contributed by atoms with E-state index in [2.05, 4.69) is 5.32 Å². The zero-order valence-electron chi connectivity index (χ0n) is 7.73. The van der Waals surface area contributed by atoms with Crippen LogP contribution in [0.5, 0.6) is 5.75 Å². The quantitative estimate of drug-likeness (QED) is 0.758. The molecule has 0 atom stereocenters. The van der Waals surface area contributed by atoms with E-state index in [1.54, 1.807) is 18.3 Å². The van der Waals surface area contributed by atoms with Crippen LogP contribution in [-0.4, -0.2) is 15.7 Å². The van der Waals surface area contributed by atoms with Crippen LogP contribution in [0.2, 0.25) is 0 Å². The summed E-state index contributed by atoms with van der Waals surface area (Å²) < 4.78 is 0.736. The summed E-state index contributed by atoms with van der Waals surface area (Å²) in [6, 6.07) is 6.95. The maximum absolute atomic E-state index is 9.04. The lowest BCUT2D eigenvalue weighted by Gasteiger charge is -1.97. The summed E-state index contributed by atoms with van der Waals surface area (Å²) in [5, 5.41) is 12.0. The highest BCUT2D eigenvalue weighted by atomic mass is 32.2. The van der Waals surface area contributed by atoms with Crippen LogP contribution < -0.4 is 5.32 Å². The topological polar surface area (TPSA) is 32.3 Å². The fourth-order valence-corrected chi connectivity index (χ4v) is 1.10. The molecule has 14 heavy (non-hydrogen) atoms. The van der Waals surface area contributed by atoms with Crippen LogP contribution in [0.15, 0.2) is 30.5 Å². The maximum Gasteiger partial charge on any atom is 0.137 e. The lowest BCUT2D eigenvalue weighted by Crippen LogP contribution is -2.08. The molecule has 0 aliphatic carbocycles. The second-order valence-corrected chi connectivity index (χ2v) is 4.04. The number of thiocarbonyl (C=S) groups is 1. The van der Waals surface area contributed by atoms with Crippen LogP contribution in [0.3, 0.4) is 0 Å². The highest BCUT2D eigenvalue weighted by Crippen LogP contribution is 2.10. The minimum Gasteiger partial charge on any atom is -0.508 e. The average molecular weight is 225 g/mol. The smallest absolute Gasteiger partial charge is 0.137 e. The maximum atomic E-state index is 9.04. The standard InChI is InChI=1S/C10H11NOS2/c1-14-10(13)11-7-6-8-2-4-9(12)5-3-8/h2-7,12H,1H3,(H,11,13)/b7-6+. The molecule has 0 heterocycles. The van der Waals surface area contributed by atoms with E-state index in [4.69, 9.17) is 17.3 Å². The predicted molar refractivity (Wildman–Crippen MR) is 66.4 cm³/mol. The Morgan fingerprint density at radius 3 is 2.64 bits per heavy atom. The molecule has 0 saturated carbocycles. The van der Waals surface area contributed by atoms with Gasteiger partial charge in [0.05, 0.1) is 0 Å². The van der Waals surface area contributed by atoms with Gasteiger partial charge in [-0.15, -0.1) is 11.8 Å². The van der Waals surface area contributed by atoms with Crippen molar-refractivity contribution >= 4 is 34.4 Å². The summed E-state index contributed by atoms with van der Waals surface area (Å²) in [7, 11) is 0. The Kier molecular flexibility index (Phi) is 4.49. The predicted octanol–water partition coefficient (Wildman–Crippen LogP) is 2.60. The van der Waals surface area contributed by atoms with E-state index in [-0.39, 0.29) is 5.75 Å². The van der Waals surface area contributed by atoms with E-state index >= 15 is 0 Å². The average Bonchev–Trinajstić information content (AvgIpc) is 2.21. The van der Waals surface area contributed by atoms with Crippen molar-refractivity contribution in [2.24, 2.45) is 0 Å². The summed E-state index contributed by atoms with van der Waals surface area (Å²) in [4.78, 5) is 0. The Morgan fingerprint density at radius 2 is 2.07 bits per heavy atom. The van der Waals surface area contributed by atoms with E-state index in [1.165, 1.54) is 11.8 Å². The van der Waals surface area contributed by atoms with E-state index in [0.717, 1.165) is 9.88 Å². The van der Waals surface area contributed by atoms with Gasteiger partial charge >= 0.3 is 0 Å². The van der Waals surface area contributed by atoms with Crippen molar-refractivity contribution in [1.29, 1.82) is 0 Å². The van der Waals surface area contributed by atoms with Crippen LogP contribution in [0.25, 0.3) is 6.08 Å². The first-order chi connectivity index (χ1) is 6.72. The van der Waals surface area contributed by atoms with Gasteiger partial charge in [-0.05, 0) is 30.0 Å². The van der Waals surface area contributed by atoms with E-state index < -0.39 is 0 Å². The van der Waals surface area contributed by atoms with Gasteiger partial charge in [0.25, 0.3) is 0 Å². The summed E-state index contributed by atoms with van der Waals surface area (Å²) in [5.41, 5.74) is 1.01. The summed E-state index contributed by atoms with van der Waals surface area (Å²) in [6.45, 7) is 0. The fourth-order valence-electron chi connectivity index (χ4n) is 0.850. The SMILES string of the molecule is CSC(=S)N/C=C/c1ccc(O)cc1. The monoisotopic (exact) mass is 225 g/mol. The van der Waals surface area contributed by atoms with Crippen LogP contribution in [0.1, 0.15) is 5.56 Å². The highest BCUT2D eigenvalue weighted by molar-refractivity contribution is 8.22. The molecule has 1 rings (SSSR count). The van der Waals surface area contributed by atoms with Crippen molar-refractivity contribution in [1.82, 2.24) is 5.32 Å². The number of phenolic OH excluding ortho intramolecular Hbond substituents is 1. The number of nitrogens with one attached hydrogen (secondary N) is 1. The minimum atomic E-state index is 0.273. The van der Waals surface area contributed by atoms with Crippen molar-refractivity contribution in [2.45, 2.75) is 0 Å². The molecule has 0 unspecified atom stereocenters. The number of phenols is 1. The first-order valence-corrected chi connectivity index (χ1v) is 5.66. The van der Waals surface area contributed by atoms with Crippen molar-refractivity contribution in [3.63, 3.8) is 0 Å². The minimum absolute atomic E-state index is 0.273. The van der Waals surface area contributed by atoms with Gasteiger partial charge in [0.1, 0.15) is 10.1 Å². The fraction of sp³-hybridized carbons (Fsp3) is 0.100. The molecule has 0 aliphatic heterocycles. The van der Waals surface area contributed by atoms with Crippen molar-refractivity contribution in [2.75, 3.05) is 6.26 Å². The van der Waals surface area contributed by atoms with Gasteiger partial charge in [-0.3, -0.25) is 0 Å². The third-order valence-electron chi connectivity index (χ3n) is 1.56. The molecule has 0 radical (unpaired) electrons. The molecule has 74 valence electrons. The van der Waals surface area contributed by atoms with Gasteiger partial charge in [-0.1, -0.05) is 24.4 Å². The molecule has 2 nitrogen and oxygen atoms in total. The van der Waals surface area contributed by atoms with Crippen molar-refractivity contribution < 1.29 is 5.11 Å². The molecule has 2 N–H and O–H groups in total. The largest absolute Gasteiger partial charge is 0.508 e. The third-order valence-corrected chi connectivity index (χ3v) is 2.66. The molecule has 0 spiro atoms. The third kappa shape index (κ3) is 3.81. The lowest BCUT2D eigenvalue weighted by molar-refractivity contribution is 0.475. The zero-order chi connectivity index (χ0) is 10.4. The first-order valence-electron chi connectivity index (χ1n) is 4.02. The van der Waals surface area contributed by atoms with Crippen molar-refractivity contribution in [3.8, 4) is 5.75 Å². The molecule has 1 aromatic rings. The van der Waals surface area contributed by atoms with E-state index in [1.807, 2.05) is 24.5 Å². The molecule has 0 aromatic heterocycles. The first kappa shape index (κ1) is 11.1. The summed E-state index contributed by atoms with van der Waals surface area (Å²) >= 11 is 6.44. The lowest BCUT2D eigenvalue weighted by atomic mass is 10.2. The molecule has 0 amide bonds. The number of aromatic hydroxyl groups is 1. The zero-order valence-corrected chi connectivity index (χ0v) is 9.36. The van der Waals surface area contributed by atoms with Gasteiger partial charge in [-0.2, -0.15) is 0 Å². The Bertz CT molecular complexity index is 332. The Hall–Kier alpha value is -1.00. The number of benzene rings is 1. The molecule has 0 aliphatic rings. The Balaban J connectivity index is 2.52. The van der Waals surface area contributed by atoms with Crippen LogP contribution >= 0.6 is 24.0 Å². The number of rotatable bonds is 2. The second kappa shape index (κ2) is 5.67. The van der Waals surface area contributed by atoms with Gasteiger partial charge in [0.2, 0.25) is 0 Å². The number of hydrogen-bond donors (Lipinski definition) is 2. The van der Waals surface area contributed by atoms with Crippen LogP contribution in [-0.2, 0) is 0 Å². The molecular formula is C10H11NOS2. The molecule has 4 heteroatoms. The molecule has 1 aromatic carbocycles.